The molecule has 1 saturated heterocycles. The number of nitrogens with zero attached hydrogens (tertiary/aromatic N) is 1. The van der Waals surface area contributed by atoms with Crippen LogP contribution < -0.4 is 0 Å². The van der Waals surface area contributed by atoms with Crippen molar-refractivity contribution in [3.63, 3.8) is 0 Å². The normalized spacial score (nSPS) is 21.2. The van der Waals surface area contributed by atoms with E-state index in [0.717, 1.165) is 29.7 Å². The summed E-state index contributed by atoms with van der Waals surface area (Å²) >= 11 is 0. The molecule has 0 bridgehead atoms. The topological polar surface area (TPSA) is 31.4 Å². The molecule has 0 unspecified atom stereocenters. The van der Waals surface area contributed by atoms with Gasteiger partial charge in [0.15, 0.2) is 6.29 Å². The molecule has 1 aromatic heterocycles. The molecular weight excluding hydrogens is 305 g/mol. The van der Waals surface area contributed by atoms with Gasteiger partial charge in [0.05, 0.1) is 18.9 Å². The second kappa shape index (κ2) is 8.18. The molecule has 24 heavy (non-hydrogen) atoms. The number of unbranched alkanes of at least 4 members (excludes halogenated alkanes) is 1. The van der Waals surface area contributed by atoms with Crippen molar-refractivity contribution in [1.82, 2.24) is 4.98 Å². The molecule has 2 aromatic rings. The number of aromatic nitrogens is 1. The molecule has 2 heterocycles. The quantitative estimate of drug-likeness (QED) is 0.732. The number of halogens is 1. The van der Waals surface area contributed by atoms with E-state index in [0.29, 0.717) is 19.1 Å². The average Bonchev–Trinajstić information content (AvgIpc) is 2.63. The first-order valence-electron chi connectivity index (χ1n) is 8.38. The lowest BCUT2D eigenvalue weighted by molar-refractivity contribution is -0.197. The predicted molar refractivity (Wildman–Crippen MR) is 91.8 cm³/mol. The van der Waals surface area contributed by atoms with Gasteiger partial charge in [-0.05, 0) is 36.8 Å². The van der Waals surface area contributed by atoms with Crippen molar-refractivity contribution in [3.05, 3.63) is 66.1 Å². The van der Waals surface area contributed by atoms with Crippen molar-refractivity contribution in [2.45, 2.75) is 26.1 Å². The predicted octanol–water partition coefficient (Wildman–Crippen LogP) is 4.91. The SMILES string of the molecule is CCCC=CC1COC(c2ccc(-c3ccc(F)cc3)nc2)OC1. The second-order valence-corrected chi connectivity index (χ2v) is 5.96. The molecule has 1 aromatic carbocycles. The van der Waals surface area contributed by atoms with Gasteiger partial charge in [-0.25, -0.2) is 4.39 Å². The van der Waals surface area contributed by atoms with Crippen LogP contribution in [0.25, 0.3) is 11.3 Å². The van der Waals surface area contributed by atoms with Crippen LogP contribution in [0.15, 0.2) is 54.7 Å². The zero-order chi connectivity index (χ0) is 16.8. The Morgan fingerprint density at radius 1 is 1.12 bits per heavy atom. The minimum Gasteiger partial charge on any atom is -0.348 e. The summed E-state index contributed by atoms with van der Waals surface area (Å²) in [4.78, 5) is 4.44. The van der Waals surface area contributed by atoms with E-state index < -0.39 is 0 Å². The molecule has 0 atom stereocenters. The van der Waals surface area contributed by atoms with Gasteiger partial charge in [0.25, 0.3) is 0 Å². The Morgan fingerprint density at radius 3 is 2.50 bits per heavy atom. The largest absolute Gasteiger partial charge is 0.348 e. The van der Waals surface area contributed by atoms with Crippen molar-refractivity contribution >= 4 is 0 Å². The van der Waals surface area contributed by atoms with Crippen molar-refractivity contribution in [2.24, 2.45) is 5.92 Å². The molecule has 0 radical (unpaired) electrons. The molecule has 0 N–H and O–H groups in total. The number of benzene rings is 1. The summed E-state index contributed by atoms with van der Waals surface area (Å²) in [5.41, 5.74) is 2.58. The third-order valence-electron chi connectivity index (χ3n) is 3.99. The van der Waals surface area contributed by atoms with Crippen LogP contribution >= 0.6 is 0 Å². The molecule has 3 nitrogen and oxygen atoms in total. The smallest absolute Gasteiger partial charge is 0.185 e. The molecule has 0 aliphatic carbocycles. The first-order chi connectivity index (χ1) is 11.8. The molecule has 1 aliphatic rings. The highest BCUT2D eigenvalue weighted by Crippen LogP contribution is 2.26. The standard InChI is InChI=1S/C20H22FNO2/c1-2-3-4-5-15-13-23-20(24-14-15)17-8-11-19(22-12-17)16-6-9-18(21)10-7-16/h4-12,15,20H,2-3,13-14H2,1H3. The zero-order valence-corrected chi connectivity index (χ0v) is 13.8. The van der Waals surface area contributed by atoms with Crippen molar-refractivity contribution in [3.8, 4) is 11.3 Å². The summed E-state index contributed by atoms with van der Waals surface area (Å²) in [6.45, 7) is 3.48. The fraction of sp³-hybridized carbons (Fsp3) is 0.350. The highest BCUT2D eigenvalue weighted by molar-refractivity contribution is 5.58. The molecule has 3 rings (SSSR count). The Hall–Kier alpha value is -2.04. The van der Waals surface area contributed by atoms with Crippen LogP contribution in [-0.4, -0.2) is 18.2 Å². The van der Waals surface area contributed by atoms with Gasteiger partial charge in [0.1, 0.15) is 5.82 Å². The molecule has 126 valence electrons. The van der Waals surface area contributed by atoms with Crippen LogP contribution in [0.4, 0.5) is 4.39 Å². The molecule has 4 heteroatoms. The van der Waals surface area contributed by atoms with Gasteiger partial charge in [-0.3, -0.25) is 4.98 Å². The molecule has 1 fully saturated rings. The van der Waals surface area contributed by atoms with Crippen molar-refractivity contribution < 1.29 is 13.9 Å². The monoisotopic (exact) mass is 327 g/mol. The number of allylic oxidation sites excluding steroid dienone is 1. The van der Waals surface area contributed by atoms with Gasteiger partial charge in [-0.15, -0.1) is 0 Å². The van der Waals surface area contributed by atoms with E-state index in [9.17, 15) is 4.39 Å². The zero-order valence-electron chi connectivity index (χ0n) is 13.8. The molecule has 0 spiro atoms. The summed E-state index contributed by atoms with van der Waals surface area (Å²) in [6.07, 6.45) is 8.01. The summed E-state index contributed by atoms with van der Waals surface area (Å²) in [7, 11) is 0. The Labute approximate surface area is 142 Å². The minimum atomic E-state index is -0.365. The fourth-order valence-electron chi connectivity index (χ4n) is 2.61. The lowest BCUT2D eigenvalue weighted by Gasteiger charge is -2.28. The van der Waals surface area contributed by atoms with E-state index in [4.69, 9.17) is 9.47 Å². The molecular formula is C20H22FNO2. The molecule has 1 aliphatic heterocycles. The van der Waals surface area contributed by atoms with Gasteiger partial charge in [-0.1, -0.05) is 31.6 Å². The van der Waals surface area contributed by atoms with E-state index in [-0.39, 0.29) is 12.1 Å². The Kier molecular flexibility index (Phi) is 5.72. The van der Waals surface area contributed by atoms with Crippen molar-refractivity contribution in [1.29, 1.82) is 0 Å². The fourth-order valence-corrected chi connectivity index (χ4v) is 2.61. The van der Waals surface area contributed by atoms with Gasteiger partial charge >= 0.3 is 0 Å². The third kappa shape index (κ3) is 4.28. The number of ether oxygens (including phenoxy) is 2. The highest BCUT2D eigenvalue weighted by atomic mass is 19.1. The van der Waals surface area contributed by atoms with E-state index in [1.807, 2.05) is 12.1 Å². The Morgan fingerprint density at radius 2 is 1.88 bits per heavy atom. The van der Waals surface area contributed by atoms with Crippen LogP contribution in [0.5, 0.6) is 0 Å². The first-order valence-corrected chi connectivity index (χ1v) is 8.38. The third-order valence-corrected chi connectivity index (χ3v) is 3.99. The lowest BCUT2D eigenvalue weighted by Crippen LogP contribution is -2.25. The summed E-state index contributed by atoms with van der Waals surface area (Å²) in [6, 6.07) is 10.2. The van der Waals surface area contributed by atoms with E-state index in [1.54, 1.807) is 18.3 Å². The first kappa shape index (κ1) is 16.8. The van der Waals surface area contributed by atoms with Crippen LogP contribution in [-0.2, 0) is 9.47 Å². The molecule has 0 saturated carbocycles. The van der Waals surface area contributed by atoms with E-state index in [2.05, 4.69) is 24.1 Å². The summed E-state index contributed by atoms with van der Waals surface area (Å²) in [5.74, 6) is 0.0705. The Bertz CT molecular complexity index is 659. The van der Waals surface area contributed by atoms with Gasteiger partial charge in [0, 0.05) is 23.2 Å². The van der Waals surface area contributed by atoms with E-state index >= 15 is 0 Å². The average molecular weight is 327 g/mol. The maximum Gasteiger partial charge on any atom is 0.185 e. The number of pyridine rings is 1. The maximum atomic E-state index is 13.0. The Balaban J connectivity index is 1.59. The highest BCUT2D eigenvalue weighted by Gasteiger charge is 2.22. The lowest BCUT2D eigenvalue weighted by atomic mass is 10.1. The van der Waals surface area contributed by atoms with Gasteiger partial charge in [0.2, 0.25) is 0 Å². The number of rotatable bonds is 5. The van der Waals surface area contributed by atoms with Gasteiger partial charge in [-0.2, -0.15) is 0 Å². The van der Waals surface area contributed by atoms with Gasteiger partial charge < -0.3 is 9.47 Å². The van der Waals surface area contributed by atoms with E-state index in [1.165, 1.54) is 12.1 Å². The van der Waals surface area contributed by atoms with Crippen LogP contribution in [0, 0.1) is 11.7 Å². The second-order valence-electron chi connectivity index (χ2n) is 5.96. The minimum absolute atomic E-state index is 0.248. The summed E-state index contributed by atoms with van der Waals surface area (Å²) in [5, 5.41) is 0. The number of hydrogen-bond donors (Lipinski definition) is 0. The number of hydrogen-bond acceptors (Lipinski definition) is 3. The van der Waals surface area contributed by atoms with Crippen molar-refractivity contribution in [2.75, 3.05) is 13.2 Å². The van der Waals surface area contributed by atoms with Crippen LogP contribution in [0.1, 0.15) is 31.6 Å². The summed E-state index contributed by atoms with van der Waals surface area (Å²) < 4.78 is 24.6. The van der Waals surface area contributed by atoms with Crippen LogP contribution in [0.3, 0.4) is 0 Å². The maximum absolute atomic E-state index is 13.0. The molecule has 0 amide bonds. The van der Waals surface area contributed by atoms with Crippen LogP contribution in [0.2, 0.25) is 0 Å².